The number of para-hydroxylation sites is 1. The highest BCUT2D eigenvalue weighted by atomic mass is 16.1. The predicted molar refractivity (Wildman–Crippen MR) is 119 cm³/mol. The molecule has 1 atom stereocenters. The third kappa shape index (κ3) is 3.57. The minimum absolute atomic E-state index is 0.201. The van der Waals surface area contributed by atoms with Crippen LogP contribution < -0.4 is 10.6 Å². The summed E-state index contributed by atoms with van der Waals surface area (Å²) in [4.78, 5) is 22.3. The second kappa shape index (κ2) is 7.87. The molecule has 7 nitrogen and oxygen atoms in total. The van der Waals surface area contributed by atoms with Gasteiger partial charge in [0.25, 0.3) is 5.91 Å². The maximum Gasteiger partial charge on any atom is 0.255 e. The molecule has 2 aromatic heterocycles. The van der Waals surface area contributed by atoms with Crippen LogP contribution in [0.2, 0.25) is 0 Å². The first-order valence-corrected chi connectivity index (χ1v) is 9.97. The Morgan fingerprint density at radius 3 is 2.45 bits per heavy atom. The van der Waals surface area contributed by atoms with Crippen LogP contribution in [0.3, 0.4) is 0 Å². The lowest BCUT2D eigenvalue weighted by Gasteiger charge is -2.28. The van der Waals surface area contributed by atoms with Crippen molar-refractivity contribution >= 4 is 17.5 Å². The third-order valence-electron chi connectivity index (χ3n) is 5.16. The number of nitrogens with one attached hydrogen (secondary N) is 2. The predicted octanol–water partition coefficient (Wildman–Crippen LogP) is 4.27. The van der Waals surface area contributed by atoms with Gasteiger partial charge in [-0.25, -0.2) is 4.68 Å². The summed E-state index contributed by atoms with van der Waals surface area (Å²) in [7, 11) is 0. The van der Waals surface area contributed by atoms with E-state index in [1.807, 2.05) is 79.7 Å². The van der Waals surface area contributed by atoms with Crippen molar-refractivity contribution in [2.24, 2.45) is 0 Å². The van der Waals surface area contributed by atoms with Crippen molar-refractivity contribution in [2.45, 2.75) is 13.0 Å². The van der Waals surface area contributed by atoms with E-state index < -0.39 is 6.04 Å². The second-order valence-corrected chi connectivity index (χ2v) is 7.24. The number of benzene rings is 2. The SMILES string of the molecule is CC1=C(C(=O)Nc2ccccc2)[C@@H](c2cccnc2)n2nc(-c3ccccc3)nc2N1. The van der Waals surface area contributed by atoms with Crippen molar-refractivity contribution in [1.82, 2.24) is 19.7 Å². The first-order chi connectivity index (χ1) is 15.2. The highest BCUT2D eigenvalue weighted by Crippen LogP contribution is 2.36. The lowest BCUT2D eigenvalue weighted by Crippen LogP contribution is -2.31. The number of rotatable bonds is 4. The average Bonchev–Trinajstić information content (AvgIpc) is 3.23. The van der Waals surface area contributed by atoms with Gasteiger partial charge in [0.05, 0.1) is 5.57 Å². The molecule has 0 radical (unpaired) electrons. The topological polar surface area (TPSA) is 84.7 Å². The van der Waals surface area contributed by atoms with Crippen LogP contribution in [0.4, 0.5) is 11.6 Å². The zero-order chi connectivity index (χ0) is 21.2. The highest BCUT2D eigenvalue weighted by molar-refractivity contribution is 6.06. The molecule has 4 aromatic rings. The normalized spacial score (nSPS) is 15.2. The summed E-state index contributed by atoms with van der Waals surface area (Å²) < 4.78 is 1.76. The van der Waals surface area contributed by atoms with Crippen LogP contribution in [0.1, 0.15) is 18.5 Å². The Balaban J connectivity index is 1.60. The van der Waals surface area contributed by atoms with Gasteiger partial charge in [-0.1, -0.05) is 54.6 Å². The summed E-state index contributed by atoms with van der Waals surface area (Å²) in [5.74, 6) is 0.975. The average molecular weight is 408 g/mol. The van der Waals surface area contributed by atoms with Crippen molar-refractivity contribution in [3.63, 3.8) is 0 Å². The van der Waals surface area contributed by atoms with Crippen LogP contribution in [0, 0.1) is 0 Å². The molecule has 0 spiro atoms. The Kier molecular flexibility index (Phi) is 4.76. The molecular formula is C24H20N6O. The molecule has 0 aliphatic carbocycles. The third-order valence-corrected chi connectivity index (χ3v) is 5.16. The maximum absolute atomic E-state index is 13.4. The molecule has 5 rings (SSSR count). The van der Waals surface area contributed by atoms with Gasteiger partial charge in [0.15, 0.2) is 5.82 Å². The number of hydrogen-bond acceptors (Lipinski definition) is 5. The highest BCUT2D eigenvalue weighted by Gasteiger charge is 2.34. The van der Waals surface area contributed by atoms with Gasteiger partial charge < -0.3 is 10.6 Å². The first-order valence-electron chi connectivity index (χ1n) is 9.97. The van der Waals surface area contributed by atoms with Crippen LogP contribution in [-0.4, -0.2) is 25.7 Å². The van der Waals surface area contributed by atoms with Gasteiger partial charge in [0.1, 0.15) is 6.04 Å². The van der Waals surface area contributed by atoms with E-state index in [0.717, 1.165) is 22.5 Å². The molecular weight excluding hydrogens is 388 g/mol. The summed E-state index contributed by atoms with van der Waals surface area (Å²) in [6, 6.07) is 22.5. The number of carbonyl (C=O) groups is 1. The molecule has 3 heterocycles. The molecule has 152 valence electrons. The van der Waals surface area contributed by atoms with Gasteiger partial charge in [0, 0.05) is 29.3 Å². The van der Waals surface area contributed by atoms with E-state index >= 15 is 0 Å². The lowest BCUT2D eigenvalue weighted by molar-refractivity contribution is -0.113. The first kappa shape index (κ1) is 18.7. The quantitative estimate of drug-likeness (QED) is 0.527. The van der Waals surface area contributed by atoms with Gasteiger partial charge in [-0.05, 0) is 30.7 Å². The van der Waals surface area contributed by atoms with E-state index in [9.17, 15) is 4.79 Å². The molecule has 1 aliphatic heterocycles. The van der Waals surface area contributed by atoms with Crippen molar-refractivity contribution in [2.75, 3.05) is 10.6 Å². The largest absolute Gasteiger partial charge is 0.328 e. The van der Waals surface area contributed by atoms with Crippen LogP contribution in [-0.2, 0) is 4.79 Å². The van der Waals surface area contributed by atoms with Crippen molar-refractivity contribution in [3.8, 4) is 11.4 Å². The maximum atomic E-state index is 13.4. The Morgan fingerprint density at radius 2 is 1.74 bits per heavy atom. The molecule has 0 unspecified atom stereocenters. The summed E-state index contributed by atoms with van der Waals surface area (Å²) in [5.41, 5.74) is 3.78. The second-order valence-electron chi connectivity index (χ2n) is 7.24. The monoisotopic (exact) mass is 408 g/mol. The molecule has 2 N–H and O–H groups in total. The minimum Gasteiger partial charge on any atom is -0.328 e. The number of hydrogen-bond donors (Lipinski definition) is 2. The Hall–Kier alpha value is -4.26. The number of carbonyl (C=O) groups excluding carboxylic acids is 1. The van der Waals surface area contributed by atoms with Gasteiger partial charge in [0.2, 0.25) is 5.95 Å². The lowest BCUT2D eigenvalue weighted by atomic mass is 9.96. The smallest absolute Gasteiger partial charge is 0.255 e. The minimum atomic E-state index is -0.460. The Labute approximate surface area is 179 Å². The van der Waals surface area contributed by atoms with Gasteiger partial charge in [-0.15, -0.1) is 5.10 Å². The number of aromatic nitrogens is 4. The van der Waals surface area contributed by atoms with Crippen LogP contribution in [0.5, 0.6) is 0 Å². The van der Waals surface area contributed by atoms with Crippen LogP contribution in [0.25, 0.3) is 11.4 Å². The molecule has 2 aromatic carbocycles. The molecule has 0 fully saturated rings. The number of nitrogens with zero attached hydrogens (tertiary/aromatic N) is 4. The Morgan fingerprint density at radius 1 is 1.00 bits per heavy atom. The van der Waals surface area contributed by atoms with E-state index in [0.29, 0.717) is 17.3 Å². The molecule has 1 aliphatic rings. The fourth-order valence-electron chi connectivity index (χ4n) is 3.72. The molecule has 0 saturated heterocycles. The van der Waals surface area contributed by atoms with Crippen LogP contribution in [0.15, 0.2) is 96.5 Å². The van der Waals surface area contributed by atoms with Crippen molar-refractivity contribution in [1.29, 1.82) is 0 Å². The van der Waals surface area contributed by atoms with Crippen LogP contribution >= 0.6 is 0 Å². The zero-order valence-corrected chi connectivity index (χ0v) is 16.9. The van der Waals surface area contributed by atoms with Gasteiger partial charge >= 0.3 is 0 Å². The van der Waals surface area contributed by atoms with E-state index in [1.54, 1.807) is 17.1 Å². The van der Waals surface area contributed by atoms with E-state index in [4.69, 9.17) is 5.10 Å². The molecule has 0 bridgehead atoms. The van der Waals surface area contributed by atoms with Crippen molar-refractivity contribution < 1.29 is 4.79 Å². The van der Waals surface area contributed by atoms with E-state index in [1.165, 1.54) is 0 Å². The number of pyridine rings is 1. The van der Waals surface area contributed by atoms with Crippen molar-refractivity contribution in [3.05, 3.63) is 102 Å². The van der Waals surface area contributed by atoms with E-state index in [2.05, 4.69) is 20.6 Å². The standard InChI is InChI=1S/C24H20N6O/c1-16-20(23(31)27-19-12-6-3-7-13-19)21(18-11-8-14-25-15-18)30-24(26-16)28-22(29-30)17-9-4-2-5-10-17/h2-15,21H,1H3,(H,27,31)(H,26,28,29)/t21-/m1/s1. The number of allylic oxidation sites excluding steroid dienone is 1. The molecule has 1 amide bonds. The number of amides is 1. The summed E-state index contributed by atoms with van der Waals surface area (Å²) in [6.45, 7) is 1.88. The zero-order valence-electron chi connectivity index (χ0n) is 16.9. The molecule has 0 saturated carbocycles. The summed E-state index contributed by atoms with van der Waals surface area (Å²) >= 11 is 0. The molecule has 31 heavy (non-hydrogen) atoms. The summed E-state index contributed by atoms with van der Waals surface area (Å²) in [6.07, 6.45) is 3.47. The number of fused-ring (bicyclic) bond motifs is 1. The fourth-order valence-corrected chi connectivity index (χ4v) is 3.72. The van der Waals surface area contributed by atoms with Gasteiger partial charge in [-0.2, -0.15) is 4.98 Å². The Bertz CT molecular complexity index is 1250. The van der Waals surface area contributed by atoms with E-state index in [-0.39, 0.29) is 5.91 Å². The molecule has 7 heteroatoms. The van der Waals surface area contributed by atoms with Gasteiger partial charge in [-0.3, -0.25) is 9.78 Å². The summed E-state index contributed by atoms with van der Waals surface area (Å²) in [5, 5.41) is 11.0. The number of anilines is 2. The fraction of sp³-hybridized carbons (Fsp3) is 0.0833.